The van der Waals surface area contributed by atoms with E-state index in [9.17, 15) is 9.90 Å². The van der Waals surface area contributed by atoms with Gasteiger partial charge in [0.15, 0.2) is 0 Å². The molecule has 1 unspecified atom stereocenters. The molecule has 4 nitrogen and oxygen atoms in total. The van der Waals surface area contributed by atoms with Crippen molar-refractivity contribution in [1.82, 2.24) is 0 Å². The molecule has 0 fully saturated rings. The number of hydrogen-bond acceptors (Lipinski definition) is 4. The van der Waals surface area contributed by atoms with E-state index in [1.165, 1.54) is 77.0 Å². The van der Waals surface area contributed by atoms with Gasteiger partial charge in [-0.1, -0.05) is 181 Å². The zero-order chi connectivity index (χ0) is 39.8. The number of esters is 1. The number of aliphatic hydroxyl groups is 1. The first-order valence-electron chi connectivity index (χ1n) is 22.5. The van der Waals surface area contributed by atoms with E-state index >= 15 is 0 Å². The van der Waals surface area contributed by atoms with E-state index in [2.05, 4.69) is 123 Å². The van der Waals surface area contributed by atoms with Crippen LogP contribution in [-0.4, -0.2) is 37.0 Å². The van der Waals surface area contributed by atoms with Crippen molar-refractivity contribution < 1.29 is 19.4 Å². The van der Waals surface area contributed by atoms with Crippen molar-refractivity contribution in [3.8, 4) is 0 Å². The maximum Gasteiger partial charge on any atom is 0.306 e. The molecule has 0 aromatic rings. The van der Waals surface area contributed by atoms with Crippen molar-refractivity contribution in [2.24, 2.45) is 0 Å². The minimum Gasteiger partial charge on any atom is -0.457 e. The Kier molecular flexibility index (Phi) is 44.7. The molecule has 0 spiro atoms. The first-order valence-corrected chi connectivity index (χ1v) is 22.5. The highest BCUT2D eigenvalue weighted by molar-refractivity contribution is 5.69. The van der Waals surface area contributed by atoms with E-state index < -0.39 is 6.10 Å². The number of ether oxygens (including phenoxy) is 2. The fraction of sp³-hybridized carbons (Fsp3) is 0.627. The van der Waals surface area contributed by atoms with Gasteiger partial charge < -0.3 is 14.6 Å². The highest BCUT2D eigenvalue weighted by Gasteiger charge is 2.13. The van der Waals surface area contributed by atoms with Gasteiger partial charge in [-0.2, -0.15) is 0 Å². The molecule has 55 heavy (non-hydrogen) atoms. The Bertz CT molecular complexity index is 1070. The standard InChI is InChI=1S/C51H84O4/c1-3-5-7-9-11-13-15-17-19-21-22-23-24-25-26-27-28-29-31-33-35-37-39-41-43-45-47-54-49-50(48-52)55-51(53)46-44-42-40-38-36-34-32-30-20-18-16-14-12-10-8-6-4-2/h5,7,11-14,17-20,22-23,25-26,28-29,33,35,50,52H,3-4,6,8-10,15-16,21,24,27,30-32,34,36-49H2,1-2H3/b7-5-,13-11-,14-12-,19-17-,20-18-,23-22-,26-25-,29-28-,35-33-. The molecule has 0 aromatic heterocycles. The van der Waals surface area contributed by atoms with Gasteiger partial charge in [-0.3, -0.25) is 4.79 Å². The van der Waals surface area contributed by atoms with Gasteiger partial charge in [-0.25, -0.2) is 0 Å². The minimum atomic E-state index is -0.560. The van der Waals surface area contributed by atoms with Crippen LogP contribution in [0.4, 0.5) is 0 Å². The van der Waals surface area contributed by atoms with Crippen molar-refractivity contribution in [1.29, 1.82) is 0 Å². The molecule has 312 valence electrons. The topological polar surface area (TPSA) is 55.8 Å². The second kappa shape index (κ2) is 47.2. The van der Waals surface area contributed by atoms with Gasteiger partial charge in [-0.15, -0.1) is 0 Å². The molecule has 0 bridgehead atoms. The summed E-state index contributed by atoms with van der Waals surface area (Å²) >= 11 is 0. The van der Waals surface area contributed by atoms with E-state index in [1.54, 1.807) is 0 Å². The summed E-state index contributed by atoms with van der Waals surface area (Å²) in [5.74, 6) is -0.223. The molecule has 0 aliphatic carbocycles. The maximum absolute atomic E-state index is 12.2. The third-order valence-electron chi connectivity index (χ3n) is 9.08. The molecule has 0 amide bonds. The number of aliphatic hydroxyl groups excluding tert-OH is 1. The quantitative estimate of drug-likeness (QED) is 0.0384. The molecule has 1 N–H and O–H groups in total. The zero-order valence-corrected chi connectivity index (χ0v) is 35.6. The van der Waals surface area contributed by atoms with Crippen molar-refractivity contribution >= 4 is 5.97 Å². The van der Waals surface area contributed by atoms with Crippen LogP contribution in [0.5, 0.6) is 0 Å². The van der Waals surface area contributed by atoms with Gasteiger partial charge in [0, 0.05) is 13.0 Å². The van der Waals surface area contributed by atoms with E-state index in [4.69, 9.17) is 9.47 Å². The third-order valence-corrected chi connectivity index (χ3v) is 9.08. The highest BCUT2D eigenvalue weighted by atomic mass is 16.6. The summed E-state index contributed by atoms with van der Waals surface area (Å²) in [5, 5.41) is 9.61. The predicted octanol–water partition coefficient (Wildman–Crippen LogP) is 15.1. The second-order valence-electron chi connectivity index (χ2n) is 14.4. The molecule has 0 saturated carbocycles. The van der Waals surface area contributed by atoms with Crippen molar-refractivity contribution in [3.63, 3.8) is 0 Å². The highest BCUT2D eigenvalue weighted by Crippen LogP contribution is 2.12. The van der Waals surface area contributed by atoms with Crippen molar-refractivity contribution in [2.45, 2.75) is 187 Å². The average molecular weight is 761 g/mol. The van der Waals surface area contributed by atoms with E-state index in [-0.39, 0.29) is 19.2 Å². The number of carbonyl (C=O) groups excluding carboxylic acids is 1. The summed E-state index contributed by atoms with van der Waals surface area (Å²) in [6, 6.07) is 0. The normalized spacial score (nSPS) is 13.4. The number of unbranched alkanes of at least 4 members (excludes halogenated alkanes) is 14. The largest absolute Gasteiger partial charge is 0.457 e. The summed E-state index contributed by atoms with van der Waals surface area (Å²) in [6.07, 6.45) is 68.6. The molecule has 0 radical (unpaired) electrons. The summed E-state index contributed by atoms with van der Waals surface area (Å²) < 4.78 is 11.1. The summed E-state index contributed by atoms with van der Waals surface area (Å²) in [6.45, 7) is 5.12. The van der Waals surface area contributed by atoms with Crippen LogP contribution in [0.1, 0.15) is 181 Å². The van der Waals surface area contributed by atoms with Crippen LogP contribution in [0.25, 0.3) is 0 Å². The molecule has 0 rings (SSSR count). The predicted molar refractivity (Wildman–Crippen MR) is 241 cm³/mol. The van der Waals surface area contributed by atoms with Crippen LogP contribution in [0, 0.1) is 0 Å². The number of carbonyl (C=O) groups is 1. The average Bonchev–Trinajstić information content (AvgIpc) is 3.19. The first-order chi connectivity index (χ1) is 27.2. The Balaban J connectivity index is 3.58. The van der Waals surface area contributed by atoms with Crippen LogP contribution in [0.2, 0.25) is 0 Å². The van der Waals surface area contributed by atoms with E-state index in [1.807, 2.05) is 0 Å². The lowest BCUT2D eigenvalue weighted by atomic mass is 10.1. The molecule has 4 heteroatoms. The summed E-state index contributed by atoms with van der Waals surface area (Å²) in [7, 11) is 0. The molecule has 0 saturated heterocycles. The second-order valence-corrected chi connectivity index (χ2v) is 14.4. The lowest BCUT2D eigenvalue weighted by molar-refractivity contribution is -0.154. The van der Waals surface area contributed by atoms with E-state index in [0.29, 0.717) is 13.0 Å². The number of allylic oxidation sites excluding steroid dienone is 18. The molecular weight excluding hydrogens is 677 g/mol. The zero-order valence-electron chi connectivity index (χ0n) is 35.6. The van der Waals surface area contributed by atoms with Crippen LogP contribution < -0.4 is 0 Å². The number of rotatable bonds is 40. The monoisotopic (exact) mass is 761 g/mol. The fourth-order valence-electron chi connectivity index (χ4n) is 5.75. The smallest absolute Gasteiger partial charge is 0.306 e. The Labute approximate surface area is 340 Å². The van der Waals surface area contributed by atoms with Gasteiger partial charge in [0.1, 0.15) is 6.10 Å². The van der Waals surface area contributed by atoms with Gasteiger partial charge in [0.2, 0.25) is 0 Å². The Hall–Kier alpha value is -2.95. The van der Waals surface area contributed by atoms with E-state index in [0.717, 1.165) is 83.5 Å². The minimum absolute atomic E-state index is 0.193. The van der Waals surface area contributed by atoms with Crippen LogP contribution in [0.15, 0.2) is 109 Å². The van der Waals surface area contributed by atoms with Crippen molar-refractivity contribution in [2.75, 3.05) is 19.8 Å². The molecule has 0 heterocycles. The van der Waals surface area contributed by atoms with Crippen molar-refractivity contribution in [3.05, 3.63) is 109 Å². The molecule has 1 atom stereocenters. The van der Waals surface area contributed by atoms with Gasteiger partial charge in [0.25, 0.3) is 0 Å². The molecule has 0 aliphatic heterocycles. The summed E-state index contributed by atoms with van der Waals surface area (Å²) in [5.41, 5.74) is 0. The van der Waals surface area contributed by atoms with Gasteiger partial charge >= 0.3 is 5.97 Å². The maximum atomic E-state index is 12.2. The van der Waals surface area contributed by atoms with Gasteiger partial charge in [-0.05, 0) is 103 Å². The third kappa shape index (κ3) is 45.3. The molecule has 0 aliphatic rings. The summed E-state index contributed by atoms with van der Waals surface area (Å²) in [4.78, 5) is 12.2. The van der Waals surface area contributed by atoms with Crippen LogP contribution >= 0.6 is 0 Å². The lowest BCUT2D eigenvalue weighted by Gasteiger charge is -2.15. The SMILES string of the molecule is CC/C=C\C/C=C\C/C=C\C/C=C\C/C=C\C/C=C\C/C=C\CCCCCCOCC(CO)OC(=O)CCCCCCCCC/C=C\C/C=C\CCCCC. The lowest BCUT2D eigenvalue weighted by Crippen LogP contribution is -2.27. The van der Waals surface area contributed by atoms with Gasteiger partial charge in [0.05, 0.1) is 13.2 Å². The molecular formula is C51H84O4. The van der Waals surface area contributed by atoms with Crippen LogP contribution in [-0.2, 0) is 14.3 Å². The molecule has 0 aromatic carbocycles. The Morgan fingerprint density at radius 3 is 1.24 bits per heavy atom. The Morgan fingerprint density at radius 2 is 0.818 bits per heavy atom. The first kappa shape index (κ1) is 52.0. The van der Waals surface area contributed by atoms with Crippen LogP contribution in [0.3, 0.4) is 0 Å². The Morgan fingerprint density at radius 1 is 0.455 bits per heavy atom. The fourth-order valence-corrected chi connectivity index (χ4v) is 5.75. The number of hydrogen-bond donors (Lipinski definition) is 1.